The van der Waals surface area contributed by atoms with Crippen molar-refractivity contribution in [2.45, 2.75) is 45.6 Å². The lowest BCUT2D eigenvalue weighted by atomic mass is 10.0. The van der Waals surface area contributed by atoms with Crippen molar-refractivity contribution in [2.24, 2.45) is 5.92 Å². The largest absolute Gasteiger partial charge is 0.342 e. The molecule has 0 radical (unpaired) electrons. The van der Waals surface area contributed by atoms with E-state index in [1.54, 1.807) is 4.90 Å². The number of carbonyl (C=O) groups is 3. The van der Waals surface area contributed by atoms with Crippen LogP contribution in [0.2, 0.25) is 0 Å². The molecule has 2 aliphatic rings. The maximum Gasteiger partial charge on any atom is 0.319 e. The fourth-order valence-electron chi connectivity index (χ4n) is 3.67. The lowest BCUT2D eigenvalue weighted by Gasteiger charge is -2.33. The van der Waals surface area contributed by atoms with Gasteiger partial charge in [-0.05, 0) is 31.4 Å². The number of urea groups is 1. The summed E-state index contributed by atoms with van der Waals surface area (Å²) in [7, 11) is 0. The number of nitrogens with one attached hydrogen (secondary N) is 2. The Morgan fingerprint density at radius 1 is 1.11 bits per heavy atom. The van der Waals surface area contributed by atoms with E-state index in [1.165, 1.54) is 0 Å². The van der Waals surface area contributed by atoms with Crippen molar-refractivity contribution in [3.63, 3.8) is 0 Å². The Kier molecular flexibility index (Phi) is 5.98. The minimum Gasteiger partial charge on any atom is -0.342 e. The van der Waals surface area contributed by atoms with Crippen molar-refractivity contribution in [3.8, 4) is 0 Å². The highest BCUT2D eigenvalue weighted by Crippen LogP contribution is 2.29. The topological polar surface area (TPSA) is 81.8 Å². The van der Waals surface area contributed by atoms with Crippen molar-refractivity contribution >= 4 is 29.2 Å². The number of nitrogens with zero attached hydrogens (tertiary/aromatic N) is 2. The monoisotopic (exact) mass is 372 g/mol. The molecular weight excluding hydrogens is 344 g/mol. The fraction of sp³-hybridized carbons (Fsp3) is 0.550. The van der Waals surface area contributed by atoms with Gasteiger partial charge in [0.05, 0.1) is 11.4 Å². The lowest BCUT2D eigenvalue weighted by molar-refractivity contribution is -0.135. The van der Waals surface area contributed by atoms with Crippen LogP contribution in [0.3, 0.4) is 0 Å². The van der Waals surface area contributed by atoms with Crippen LogP contribution in [0.25, 0.3) is 0 Å². The van der Waals surface area contributed by atoms with Crippen LogP contribution in [0.1, 0.15) is 39.5 Å². The summed E-state index contributed by atoms with van der Waals surface area (Å²) in [5, 5.41) is 5.88. The second kappa shape index (κ2) is 8.41. The highest BCUT2D eigenvalue weighted by atomic mass is 16.2. The van der Waals surface area contributed by atoms with Crippen molar-refractivity contribution in [3.05, 3.63) is 24.3 Å². The number of rotatable bonds is 4. The third kappa shape index (κ3) is 4.59. The third-order valence-electron chi connectivity index (χ3n) is 5.15. The molecule has 2 aliphatic heterocycles. The van der Waals surface area contributed by atoms with Gasteiger partial charge in [0.15, 0.2) is 0 Å². The molecule has 0 aromatic heterocycles. The van der Waals surface area contributed by atoms with Crippen LogP contribution < -0.4 is 15.5 Å². The van der Waals surface area contributed by atoms with E-state index < -0.39 is 0 Å². The van der Waals surface area contributed by atoms with Crippen LogP contribution in [0.4, 0.5) is 16.2 Å². The zero-order valence-electron chi connectivity index (χ0n) is 16.0. The van der Waals surface area contributed by atoms with E-state index in [4.69, 9.17) is 0 Å². The summed E-state index contributed by atoms with van der Waals surface area (Å²) in [5.41, 5.74) is 1.38. The van der Waals surface area contributed by atoms with Crippen molar-refractivity contribution in [1.82, 2.24) is 10.2 Å². The van der Waals surface area contributed by atoms with Crippen LogP contribution in [-0.2, 0) is 9.59 Å². The Hall–Kier alpha value is -2.57. The van der Waals surface area contributed by atoms with Crippen molar-refractivity contribution in [2.75, 3.05) is 29.9 Å². The molecule has 0 spiro atoms. The number of likely N-dealkylation sites (tertiary alicyclic amines) is 1. The van der Waals surface area contributed by atoms with Gasteiger partial charge in [-0.15, -0.1) is 0 Å². The number of hydrogen-bond donors (Lipinski definition) is 2. The Morgan fingerprint density at radius 2 is 1.81 bits per heavy atom. The lowest BCUT2D eigenvalue weighted by Crippen LogP contribution is -2.48. The van der Waals surface area contributed by atoms with E-state index in [-0.39, 0.29) is 29.8 Å². The van der Waals surface area contributed by atoms with Crippen LogP contribution in [0.15, 0.2) is 24.3 Å². The van der Waals surface area contributed by atoms with Crippen molar-refractivity contribution < 1.29 is 14.4 Å². The second-order valence-electron chi connectivity index (χ2n) is 7.52. The van der Waals surface area contributed by atoms with E-state index in [1.807, 2.05) is 43.0 Å². The fourth-order valence-corrected chi connectivity index (χ4v) is 3.67. The first kappa shape index (κ1) is 19.2. The molecule has 2 heterocycles. The minimum absolute atomic E-state index is 0.00241. The normalized spacial score (nSPS) is 18.1. The predicted molar refractivity (Wildman–Crippen MR) is 105 cm³/mol. The molecule has 0 bridgehead atoms. The van der Waals surface area contributed by atoms with Gasteiger partial charge in [-0.1, -0.05) is 26.0 Å². The standard InChI is InChI=1S/C20H28N4O3/c1-14(2)19(26)23-12-9-15(10-13-23)21-20(27)22-16-6-3-4-7-17(16)24-11-5-8-18(24)25/h3-4,6-7,14-15H,5,8-13H2,1-2H3,(H2,21,22,27). The number of anilines is 2. The molecule has 2 N–H and O–H groups in total. The molecule has 0 unspecified atom stereocenters. The molecule has 1 aromatic rings. The summed E-state index contributed by atoms with van der Waals surface area (Å²) < 4.78 is 0. The average molecular weight is 372 g/mol. The highest BCUT2D eigenvalue weighted by molar-refractivity contribution is 6.01. The smallest absolute Gasteiger partial charge is 0.319 e. The zero-order valence-corrected chi connectivity index (χ0v) is 16.0. The summed E-state index contributed by atoms with van der Waals surface area (Å²) in [6.07, 6.45) is 2.89. The highest BCUT2D eigenvalue weighted by Gasteiger charge is 2.26. The second-order valence-corrected chi connectivity index (χ2v) is 7.52. The maximum atomic E-state index is 12.4. The number of carbonyl (C=O) groups excluding carboxylic acids is 3. The van der Waals surface area contributed by atoms with E-state index >= 15 is 0 Å². The van der Waals surface area contributed by atoms with Crippen LogP contribution in [0, 0.1) is 5.92 Å². The summed E-state index contributed by atoms with van der Waals surface area (Å²) in [6, 6.07) is 7.14. The minimum atomic E-state index is -0.275. The Balaban J connectivity index is 1.55. The number of amides is 4. The third-order valence-corrected chi connectivity index (χ3v) is 5.15. The van der Waals surface area contributed by atoms with Gasteiger partial charge in [0, 0.05) is 38.0 Å². The summed E-state index contributed by atoms with van der Waals surface area (Å²) in [4.78, 5) is 40.1. The quantitative estimate of drug-likeness (QED) is 0.852. The molecule has 146 valence electrons. The van der Waals surface area contributed by atoms with Gasteiger partial charge in [0.2, 0.25) is 11.8 Å². The summed E-state index contributed by atoms with van der Waals surface area (Å²) in [5.74, 6) is 0.261. The van der Waals surface area contributed by atoms with E-state index in [0.717, 1.165) is 24.9 Å². The van der Waals surface area contributed by atoms with Gasteiger partial charge in [0.25, 0.3) is 0 Å². The van der Waals surface area contributed by atoms with E-state index in [9.17, 15) is 14.4 Å². The van der Waals surface area contributed by atoms with Gasteiger partial charge in [-0.25, -0.2) is 4.79 Å². The van der Waals surface area contributed by atoms with Gasteiger partial charge in [0.1, 0.15) is 0 Å². The van der Waals surface area contributed by atoms with Crippen LogP contribution in [0.5, 0.6) is 0 Å². The molecule has 27 heavy (non-hydrogen) atoms. The molecule has 2 fully saturated rings. The molecule has 0 aliphatic carbocycles. The average Bonchev–Trinajstić information content (AvgIpc) is 3.08. The number of piperidine rings is 1. The molecule has 3 rings (SSSR count). The predicted octanol–water partition coefficient (Wildman–Crippen LogP) is 2.58. The van der Waals surface area contributed by atoms with Crippen LogP contribution in [-0.4, -0.2) is 48.4 Å². The van der Waals surface area contributed by atoms with Gasteiger partial charge in [-0.3, -0.25) is 9.59 Å². The molecule has 2 saturated heterocycles. The number of hydrogen-bond acceptors (Lipinski definition) is 3. The SMILES string of the molecule is CC(C)C(=O)N1CCC(NC(=O)Nc2ccccc2N2CCCC2=O)CC1. The van der Waals surface area contributed by atoms with Crippen LogP contribution >= 0.6 is 0 Å². The number of benzene rings is 1. The Bertz CT molecular complexity index is 711. The molecule has 7 heteroatoms. The first-order valence-corrected chi connectivity index (χ1v) is 9.71. The van der Waals surface area contributed by atoms with E-state index in [0.29, 0.717) is 31.7 Å². The number of para-hydroxylation sites is 2. The maximum absolute atomic E-state index is 12.4. The molecule has 0 saturated carbocycles. The molecule has 0 atom stereocenters. The molecule has 1 aromatic carbocycles. The Morgan fingerprint density at radius 3 is 2.44 bits per heavy atom. The first-order chi connectivity index (χ1) is 13.0. The summed E-state index contributed by atoms with van der Waals surface area (Å²) >= 11 is 0. The molecule has 7 nitrogen and oxygen atoms in total. The summed E-state index contributed by atoms with van der Waals surface area (Å²) in [6.45, 7) is 5.83. The first-order valence-electron chi connectivity index (χ1n) is 9.71. The van der Waals surface area contributed by atoms with Crippen molar-refractivity contribution in [1.29, 1.82) is 0 Å². The van der Waals surface area contributed by atoms with E-state index in [2.05, 4.69) is 10.6 Å². The van der Waals surface area contributed by atoms with Gasteiger partial charge >= 0.3 is 6.03 Å². The zero-order chi connectivity index (χ0) is 19.4. The van der Waals surface area contributed by atoms with Gasteiger partial charge < -0.3 is 20.4 Å². The molecular formula is C20H28N4O3. The Labute approximate surface area is 160 Å². The molecule has 4 amide bonds. The van der Waals surface area contributed by atoms with Gasteiger partial charge in [-0.2, -0.15) is 0 Å².